The van der Waals surface area contributed by atoms with E-state index < -0.39 is 0 Å². The van der Waals surface area contributed by atoms with Gasteiger partial charge in [0.1, 0.15) is 6.29 Å². The van der Waals surface area contributed by atoms with Crippen LogP contribution in [0, 0.1) is 5.41 Å². The molecule has 0 atom stereocenters. The number of carbonyl (C=O) groups is 2. The maximum atomic E-state index is 11.8. The number of aldehydes is 1. The fourth-order valence-electron chi connectivity index (χ4n) is 2.12. The predicted octanol–water partition coefficient (Wildman–Crippen LogP) is 1.83. The number of rotatable bonds is 6. The van der Waals surface area contributed by atoms with E-state index in [9.17, 15) is 9.59 Å². The van der Waals surface area contributed by atoms with Gasteiger partial charge in [-0.15, -0.1) is 0 Å². The van der Waals surface area contributed by atoms with Crippen LogP contribution in [0.4, 0.5) is 0 Å². The molecule has 0 aromatic heterocycles. The van der Waals surface area contributed by atoms with Gasteiger partial charge in [-0.25, -0.2) is 0 Å². The number of hydrogen-bond acceptors (Lipinski definition) is 3. The van der Waals surface area contributed by atoms with Crippen molar-refractivity contribution < 1.29 is 9.59 Å². The standard InChI is InChI=1S/C14H17NO2/c16-11-14(7-4-8-14)10-15-9-13(17)12-5-2-1-3-6-12/h1-3,5-6,11,15H,4,7-10H2. The molecule has 0 saturated heterocycles. The van der Waals surface area contributed by atoms with Gasteiger partial charge in [-0.1, -0.05) is 36.8 Å². The molecule has 1 saturated carbocycles. The summed E-state index contributed by atoms with van der Waals surface area (Å²) in [4.78, 5) is 22.7. The van der Waals surface area contributed by atoms with Gasteiger partial charge in [0.15, 0.2) is 5.78 Å². The van der Waals surface area contributed by atoms with Crippen LogP contribution in [0.3, 0.4) is 0 Å². The van der Waals surface area contributed by atoms with E-state index in [0.29, 0.717) is 18.7 Å². The van der Waals surface area contributed by atoms with Crippen LogP contribution in [0.5, 0.6) is 0 Å². The Morgan fingerprint density at radius 2 is 2.00 bits per heavy atom. The van der Waals surface area contributed by atoms with Gasteiger partial charge >= 0.3 is 0 Å². The van der Waals surface area contributed by atoms with E-state index in [1.54, 1.807) is 0 Å². The molecule has 0 unspecified atom stereocenters. The molecule has 1 aromatic rings. The van der Waals surface area contributed by atoms with Crippen molar-refractivity contribution in [1.82, 2.24) is 5.32 Å². The van der Waals surface area contributed by atoms with Crippen molar-refractivity contribution in [1.29, 1.82) is 0 Å². The Morgan fingerprint density at radius 1 is 1.29 bits per heavy atom. The minimum atomic E-state index is -0.197. The van der Waals surface area contributed by atoms with Gasteiger partial charge in [-0.2, -0.15) is 0 Å². The Labute approximate surface area is 101 Å². The van der Waals surface area contributed by atoms with Crippen LogP contribution in [0.2, 0.25) is 0 Å². The van der Waals surface area contributed by atoms with Crippen molar-refractivity contribution in [3.05, 3.63) is 35.9 Å². The monoisotopic (exact) mass is 231 g/mol. The zero-order chi connectivity index (χ0) is 12.1. The van der Waals surface area contributed by atoms with E-state index in [0.717, 1.165) is 25.5 Å². The molecule has 0 aliphatic heterocycles. The van der Waals surface area contributed by atoms with Crippen LogP contribution < -0.4 is 5.32 Å². The van der Waals surface area contributed by atoms with Crippen molar-refractivity contribution in [2.45, 2.75) is 19.3 Å². The second-order valence-corrected chi connectivity index (χ2v) is 4.73. The van der Waals surface area contributed by atoms with Gasteiger partial charge in [-0.3, -0.25) is 4.79 Å². The van der Waals surface area contributed by atoms with Gasteiger partial charge < -0.3 is 10.1 Å². The molecule has 1 aromatic carbocycles. The molecular weight excluding hydrogens is 214 g/mol. The summed E-state index contributed by atoms with van der Waals surface area (Å²) < 4.78 is 0. The summed E-state index contributed by atoms with van der Waals surface area (Å²) in [6.07, 6.45) is 4.05. The number of carbonyl (C=O) groups excluding carboxylic acids is 2. The third kappa shape index (κ3) is 2.80. The van der Waals surface area contributed by atoms with Crippen LogP contribution in [-0.4, -0.2) is 25.2 Å². The smallest absolute Gasteiger partial charge is 0.176 e. The molecule has 1 aliphatic rings. The second-order valence-electron chi connectivity index (χ2n) is 4.73. The molecule has 0 bridgehead atoms. The molecule has 2 rings (SSSR count). The third-order valence-electron chi connectivity index (χ3n) is 3.46. The van der Waals surface area contributed by atoms with Crippen molar-refractivity contribution >= 4 is 12.1 Å². The van der Waals surface area contributed by atoms with Gasteiger partial charge in [0, 0.05) is 17.5 Å². The lowest BCUT2D eigenvalue weighted by Gasteiger charge is -2.36. The molecule has 3 nitrogen and oxygen atoms in total. The summed E-state index contributed by atoms with van der Waals surface area (Å²) in [5.74, 6) is 0.0750. The Kier molecular flexibility index (Phi) is 3.69. The summed E-state index contributed by atoms with van der Waals surface area (Å²) in [7, 11) is 0. The number of hydrogen-bond donors (Lipinski definition) is 1. The SMILES string of the molecule is O=CC1(CNCC(=O)c2ccccc2)CCC1. The van der Waals surface area contributed by atoms with Gasteiger partial charge in [-0.05, 0) is 12.8 Å². The highest BCUT2D eigenvalue weighted by molar-refractivity contribution is 5.97. The predicted molar refractivity (Wildman–Crippen MR) is 66.0 cm³/mol. The largest absolute Gasteiger partial charge is 0.309 e. The van der Waals surface area contributed by atoms with E-state index in [-0.39, 0.29) is 11.2 Å². The quantitative estimate of drug-likeness (QED) is 0.600. The first-order valence-corrected chi connectivity index (χ1v) is 6.01. The lowest BCUT2D eigenvalue weighted by molar-refractivity contribution is -0.120. The van der Waals surface area contributed by atoms with E-state index in [4.69, 9.17) is 0 Å². The van der Waals surface area contributed by atoms with Gasteiger partial charge in [0.05, 0.1) is 6.54 Å². The van der Waals surface area contributed by atoms with Gasteiger partial charge in [0.2, 0.25) is 0 Å². The molecular formula is C14H17NO2. The average molecular weight is 231 g/mol. The lowest BCUT2D eigenvalue weighted by Crippen LogP contribution is -2.42. The first kappa shape index (κ1) is 12.0. The third-order valence-corrected chi connectivity index (χ3v) is 3.46. The number of benzene rings is 1. The number of ketones is 1. The van der Waals surface area contributed by atoms with Gasteiger partial charge in [0.25, 0.3) is 0 Å². The Morgan fingerprint density at radius 3 is 2.53 bits per heavy atom. The first-order valence-electron chi connectivity index (χ1n) is 6.01. The maximum absolute atomic E-state index is 11.8. The number of Topliss-reactive ketones (excluding diaryl/α,β-unsaturated/α-hetero) is 1. The second kappa shape index (κ2) is 5.23. The topological polar surface area (TPSA) is 46.2 Å². The van der Waals surface area contributed by atoms with Crippen molar-refractivity contribution in [2.24, 2.45) is 5.41 Å². The van der Waals surface area contributed by atoms with Crippen LogP contribution in [0.15, 0.2) is 30.3 Å². The summed E-state index contributed by atoms with van der Waals surface area (Å²) >= 11 is 0. The molecule has 0 spiro atoms. The number of nitrogens with one attached hydrogen (secondary N) is 1. The fourth-order valence-corrected chi connectivity index (χ4v) is 2.12. The first-order chi connectivity index (χ1) is 8.26. The van der Waals surface area contributed by atoms with Crippen LogP contribution in [0.25, 0.3) is 0 Å². The van der Waals surface area contributed by atoms with Crippen LogP contribution >= 0.6 is 0 Å². The van der Waals surface area contributed by atoms with Crippen molar-refractivity contribution in [3.8, 4) is 0 Å². The normalized spacial score (nSPS) is 17.2. The molecule has 3 heteroatoms. The maximum Gasteiger partial charge on any atom is 0.176 e. The molecule has 17 heavy (non-hydrogen) atoms. The molecule has 0 amide bonds. The molecule has 1 N–H and O–H groups in total. The highest BCUT2D eigenvalue weighted by atomic mass is 16.1. The zero-order valence-corrected chi connectivity index (χ0v) is 9.82. The average Bonchev–Trinajstić information content (AvgIpc) is 2.33. The Hall–Kier alpha value is -1.48. The van der Waals surface area contributed by atoms with Crippen molar-refractivity contribution in [3.63, 3.8) is 0 Å². The molecule has 90 valence electrons. The summed E-state index contributed by atoms with van der Waals surface area (Å²) in [6, 6.07) is 9.21. The fraction of sp³-hybridized carbons (Fsp3) is 0.429. The van der Waals surface area contributed by atoms with Crippen LogP contribution in [0.1, 0.15) is 29.6 Å². The summed E-state index contributed by atoms with van der Waals surface area (Å²) in [6.45, 7) is 0.925. The zero-order valence-electron chi connectivity index (χ0n) is 9.82. The molecule has 0 radical (unpaired) electrons. The van der Waals surface area contributed by atoms with Crippen molar-refractivity contribution in [2.75, 3.05) is 13.1 Å². The molecule has 0 heterocycles. The lowest BCUT2D eigenvalue weighted by atomic mass is 9.70. The highest BCUT2D eigenvalue weighted by Gasteiger charge is 2.36. The van der Waals surface area contributed by atoms with Crippen LogP contribution in [-0.2, 0) is 4.79 Å². The Bertz CT molecular complexity index is 396. The van der Waals surface area contributed by atoms with E-state index in [1.165, 1.54) is 0 Å². The summed E-state index contributed by atoms with van der Waals surface area (Å²) in [5, 5.41) is 3.10. The molecule has 1 aliphatic carbocycles. The van der Waals surface area contributed by atoms with E-state index in [2.05, 4.69) is 5.32 Å². The Balaban J connectivity index is 1.79. The van der Waals surface area contributed by atoms with E-state index >= 15 is 0 Å². The summed E-state index contributed by atoms with van der Waals surface area (Å²) in [5.41, 5.74) is 0.519. The van der Waals surface area contributed by atoms with E-state index in [1.807, 2.05) is 30.3 Å². The molecule has 1 fully saturated rings. The minimum absolute atomic E-state index is 0.0750. The minimum Gasteiger partial charge on any atom is -0.309 e. The highest BCUT2D eigenvalue weighted by Crippen LogP contribution is 2.37.